The average molecular weight is 252 g/mol. The van der Waals surface area contributed by atoms with Crippen LogP contribution in [0.3, 0.4) is 0 Å². The molecule has 1 aliphatic rings. The van der Waals surface area contributed by atoms with Crippen LogP contribution in [0.4, 0.5) is 0 Å². The number of nitrogens with one attached hydrogen (secondary N) is 1. The Labute approximate surface area is 106 Å². The van der Waals surface area contributed by atoms with Crippen molar-refractivity contribution in [2.75, 3.05) is 13.2 Å². The number of hydrogen-bond acceptors (Lipinski definition) is 4. The fraction of sp³-hybridized carbons (Fsp3) is 0.667. The van der Waals surface area contributed by atoms with Crippen LogP contribution in [0, 0.1) is 0 Å². The Balaban J connectivity index is 2.02. The predicted molar refractivity (Wildman–Crippen MR) is 67.3 cm³/mol. The van der Waals surface area contributed by atoms with E-state index in [1.165, 1.54) is 0 Å². The molecule has 0 atom stereocenters. The van der Waals surface area contributed by atoms with E-state index in [1.54, 1.807) is 17.1 Å². The molecule has 1 fully saturated rings. The van der Waals surface area contributed by atoms with Gasteiger partial charge in [0.15, 0.2) is 5.75 Å². The maximum atomic E-state index is 12.1. The first-order valence-electron chi connectivity index (χ1n) is 6.23. The van der Waals surface area contributed by atoms with Gasteiger partial charge in [0.1, 0.15) is 12.1 Å². The summed E-state index contributed by atoms with van der Waals surface area (Å²) in [7, 11) is 0. The minimum absolute atomic E-state index is 0.0153. The van der Waals surface area contributed by atoms with Crippen molar-refractivity contribution >= 4 is 5.91 Å². The molecule has 1 aromatic rings. The summed E-state index contributed by atoms with van der Waals surface area (Å²) in [6, 6.07) is 0.347. The van der Waals surface area contributed by atoms with Crippen LogP contribution in [0.2, 0.25) is 0 Å². The van der Waals surface area contributed by atoms with Crippen LogP contribution in [0.25, 0.3) is 0 Å². The van der Waals surface area contributed by atoms with Crippen molar-refractivity contribution in [2.45, 2.75) is 38.3 Å². The van der Waals surface area contributed by atoms with Crippen molar-refractivity contribution in [3.05, 3.63) is 12.4 Å². The molecule has 18 heavy (non-hydrogen) atoms. The van der Waals surface area contributed by atoms with Gasteiger partial charge in [-0.15, -0.1) is 0 Å². The Bertz CT molecular complexity index is 423. The van der Waals surface area contributed by atoms with Gasteiger partial charge in [0.05, 0.1) is 12.4 Å². The first kappa shape index (κ1) is 12.9. The summed E-state index contributed by atoms with van der Waals surface area (Å²) in [5, 5.41) is 7.16. The molecule has 0 unspecified atom stereocenters. The lowest BCUT2D eigenvalue weighted by molar-refractivity contribution is -0.129. The minimum Gasteiger partial charge on any atom is -0.489 e. The number of nitrogens with zero attached hydrogens (tertiary/aromatic N) is 2. The quantitative estimate of drug-likeness (QED) is 0.759. The van der Waals surface area contributed by atoms with Crippen LogP contribution in [0.15, 0.2) is 12.4 Å². The number of amides is 1. The maximum Gasteiger partial charge on any atom is 0.247 e. The molecule has 0 spiro atoms. The summed E-state index contributed by atoms with van der Waals surface area (Å²) in [4.78, 5) is 12.1. The van der Waals surface area contributed by atoms with Crippen molar-refractivity contribution in [3.63, 3.8) is 0 Å². The van der Waals surface area contributed by atoms with Gasteiger partial charge in [0, 0.05) is 12.6 Å². The highest BCUT2D eigenvalue weighted by Crippen LogP contribution is 2.23. The third-order valence-electron chi connectivity index (χ3n) is 2.99. The van der Waals surface area contributed by atoms with E-state index < -0.39 is 5.54 Å². The average Bonchev–Trinajstić information content (AvgIpc) is 3.01. The normalized spacial score (nSPS) is 15.5. The first-order chi connectivity index (χ1) is 8.54. The standard InChI is InChI=1S/C12H20N4O2/c1-12(2,11(17)15-9-3-4-9)16-8-10(7-14-16)18-6-5-13/h7-9H,3-6,13H2,1-2H3,(H,15,17). The molecule has 0 bridgehead atoms. The molecule has 0 saturated heterocycles. The number of nitrogens with two attached hydrogens (primary N) is 1. The summed E-state index contributed by atoms with van der Waals surface area (Å²) in [6.45, 7) is 4.58. The van der Waals surface area contributed by atoms with E-state index in [0.717, 1.165) is 12.8 Å². The summed E-state index contributed by atoms with van der Waals surface area (Å²) in [5.41, 5.74) is 4.65. The molecule has 0 aliphatic heterocycles. The molecular weight excluding hydrogens is 232 g/mol. The fourth-order valence-electron chi connectivity index (χ4n) is 1.56. The van der Waals surface area contributed by atoms with Gasteiger partial charge in [0.25, 0.3) is 0 Å². The van der Waals surface area contributed by atoms with Crippen molar-refractivity contribution < 1.29 is 9.53 Å². The minimum atomic E-state index is -0.715. The SMILES string of the molecule is CC(C)(C(=O)NC1CC1)n1cc(OCCN)cn1. The van der Waals surface area contributed by atoms with Crippen LogP contribution in [0.5, 0.6) is 5.75 Å². The smallest absolute Gasteiger partial charge is 0.247 e. The molecule has 1 heterocycles. The molecule has 3 N–H and O–H groups in total. The fourth-order valence-corrected chi connectivity index (χ4v) is 1.56. The molecule has 1 saturated carbocycles. The van der Waals surface area contributed by atoms with E-state index in [4.69, 9.17) is 10.5 Å². The Morgan fingerprint density at radius 1 is 1.67 bits per heavy atom. The number of rotatable bonds is 6. The molecule has 0 aromatic carbocycles. The Kier molecular flexibility index (Phi) is 3.56. The third kappa shape index (κ3) is 2.81. The number of hydrogen-bond donors (Lipinski definition) is 2. The Morgan fingerprint density at radius 2 is 2.39 bits per heavy atom. The Morgan fingerprint density at radius 3 is 3.00 bits per heavy atom. The summed E-state index contributed by atoms with van der Waals surface area (Å²) >= 11 is 0. The lowest BCUT2D eigenvalue weighted by atomic mass is 10.1. The maximum absolute atomic E-state index is 12.1. The van der Waals surface area contributed by atoms with Gasteiger partial charge < -0.3 is 15.8 Å². The molecule has 1 aromatic heterocycles. The van der Waals surface area contributed by atoms with Gasteiger partial charge in [-0.25, -0.2) is 0 Å². The second-order valence-corrected chi connectivity index (χ2v) is 5.06. The van der Waals surface area contributed by atoms with Gasteiger partial charge in [0.2, 0.25) is 5.91 Å². The molecule has 0 radical (unpaired) electrons. The van der Waals surface area contributed by atoms with Crippen LogP contribution in [-0.2, 0) is 10.3 Å². The van der Waals surface area contributed by atoms with E-state index >= 15 is 0 Å². The van der Waals surface area contributed by atoms with E-state index in [9.17, 15) is 4.79 Å². The number of aromatic nitrogens is 2. The van der Waals surface area contributed by atoms with Crippen LogP contribution in [0.1, 0.15) is 26.7 Å². The highest BCUT2D eigenvalue weighted by molar-refractivity contribution is 5.84. The second kappa shape index (κ2) is 4.97. The monoisotopic (exact) mass is 252 g/mol. The topological polar surface area (TPSA) is 82.2 Å². The van der Waals surface area contributed by atoms with E-state index in [1.807, 2.05) is 13.8 Å². The summed E-state index contributed by atoms with van der Waals surface area (Å²) in [6.07, 6.45) is 5.47. The molecule has 6 heteroatoms. The van der Waals surface area contributed by atoms with Crippen molar-refractivity contribution in [1.29, 1.82) is 0 Å². The van der Waals surface area contributed by atoms with Gasteiger partial charge in [-0.05, 0) is 26.7 Å². The van der Waals surface area contributed by atoms with Gasteiger partial charge in [-0.1, -0.05) is 0 Å². The zero-order valence-electron chi connectivity index (χ0n) is 10.8. The number of carbonyl (C=O) groups is 1. The zero-order valence-corrected chi connectivity index (χ0v) is 10.8. The molecule has 100 valence electrons. The summed E-state index contributed by atoms with van der Waals surface area (Å²) < 4.78 is 6.99. The van der Waals surface area contributed by atoms with E-state index in [-0.39, 0.29) is 5.91 Å². The van der Waals surface area contributed by atoms with Crippen LogP contribution in [-0.4, -0.2) is 34.9 Å². The Hall–Kier alpha value is -1.56. The highest BCUT2D eigenvalue weighted by atomic mass is 16.5. The number of carbonyl (C=O) groups excluding carboxylic acids is 1. The first-order valence-corrected chi connectivity index (χ1v) is 6.23. The molecule has 2 rings (SSSR count). The zero-order chi connectivity index (χ0) is 13.2. The molecule has 1 aliphatic carbocycles. The van der Waals surface area contributed by atoms with Gasteiger partial charge >= 0.3 is 0 Å². The molecule has 1 amide bonds. The lowest BCUT2D eigenvalue weighted by Gasteiger charge is -2.24. The van der Waals surface area contributed by atoms with Crippen LogP contribution < -0.4 is 15.8 Å². The second-order valence-electron chi connectivity index (χ2n) is 5.06. The van der Waals surface area contributed by atoms with E-state index in [2.05, 4.69) is 10.4 Å². The number of ether oxygens (including phenoxy) is 1. The molecule has 6 nitrogen and oxygen atoms in total. The molecular formula is C12H20N4O2. The largest absolute Gasteiger partial charge is 0.489 e. The van der Waals surface area contributed by atoms with Crippen molar-refractivity contribution in [3.8, 4) is 5.75 Å². The van der Waals surface area contributed by atoms with Gasteiger partial charge in [-0.3, -0.25) is 9.48 Å². The third-order valence-corrected chi connectivity index (χ3v) is 2.99. The predicted octanol–water partition coefficient (Wildman–Crippen LogP) is 0.234. The van der Waals surface area contributed by atoms with Crippen LogP contribution >= 0.6 is 0 Å². The lowest BCUT2D eigenvalue weighted by Crippen LogP contribution is -2.45. The van der Waals surface area contributed by atoms with Gasteiger partial charge in [-0.2, -0.15) is 5.10 Å². The summed E-state index contributed by atoms with van der Waals surface area (Å²) in [5.74, 6) is 0.617. The van der Waals surface area contributed by atoms with E-state index in [0.29, 0.717) is 24.9 Å². The van der Waals surface area contributed by atoms with Crippen molar-refractivity contribution in [1.82, 2.24) is 15.1 Å². The highest BCUT2D eigenvalue weighted by Gasteiger charge is 2.34. The van der Waals surface area contributed by atoms with Crippen molar-refractivity contribution in [2.24, 2.45) is 5.73 Å².